The second kappa shape index (κ2) is 9.85. The number of rotatable bonds is 9. The highest BCUT2D eigenvalue weighted by Gasteiger charge is 2.31. The zero-order chi connectivity index (χ0) is 17.4. The lowest BCUT2D eigenvalue weighted by Gasteiger charge is -2.38. The molecular weight excluding hydrogens is 298 g/mol. The van der Waals surface area contributed by atoms with E-state index in [1.54, 1.807) is 11.9 Å². The number of carbonyl (C=O) groups excluding carboxylic acids is 1. The summed E-state index contributed by atoms with van der Waals surface area (Å²) in [6.07, 6.45) is 0.660. The summed E-state index contributed by atoms with van der Waals surface area (Å²) in [5.41, 5.74) is 0. The fourth-order valence-electron chi connectivity index (χ4n) is 3.14. The minimum absolute atomic E-state index is 0.0230. The molecule has 1 rings (SSSR count). The topological polar surface area (TPSA) is 73.3 Å². The minimum atomic E-state index is -0.858. The molecule has 0 aliphatic carbocycles. The van der Waals surface area contributed by atoms with Crippen LogP contribution in [0.2, 0.25) is 0 Å². The van der Waals surface area contributed by atoms with E-state index in [0.29, 0.717) is 26.2 Å². The van der Waals surface area contributed by atoms with E-state index in [1.165, 1.54) is 0 Å². The molecule has 7 heteroatoms. The molecule has 23 heavy (non-hydrogen) atoms. The Labute approximate surface area is 139 Å². The number of likely N-dealkylation sites (N-methyl/N-ethyl adjacent to an activating group) is 2. The lowest BCUT2D eigenvalue weighted by Crippen LogP contribution is -2.55. The lowest BCUT2D eigenvalue weighted by atomic mass is 10.1. The maximum atomic E-state index is 12.8. The molecule has 1 aliphatic rings. The summed E-state index contributed by atoms with van der Waals surface area (Å²) in [5.74, 6) is -0.700. The molecule has 2 atom stereocenters. The summed E-state index contributed by atoms with van der Waals surface area (Å²) in [6.45, 7) is 10.0. The summed E-state index contributed by atoms with van der Waals surface area (Å²) >= 11 is 0. The zero-order valence-corrected chi connectivity index (χ0v) is 14.8. The van der Waals surface area contributed by atoms with E-state index in [2.05, 4.69) is 18.7 Å². The number of carboxylic acid groups (broad SMARTS) is 1. The number of amides is 1. The first kappa shape index (κ1) is 19.9. The monoisotopic (exact) mass is 329 g/mol. The second-order valence-electron chi connectivity index (χ2n) is 6.01. The van der Waals surface area contributed by atoms with E-state index in [0.717, 1.165) is 19.5 Å². The van der Waals surface area contributed by atoms with Gasteiger partial charge in [-0.1, -0.05) is 20.8 Å². The predicted molar refractivity (Wildman–Crippen MR) is 88.5 cm³/mol. The van der Waals surface area contributed by atoms with Crippen molar-refractivity contribution in [2.75, 3.05) is 52.9 Å². The van der Waals surface area contributed by atoms with E-state index in [9.17, 15) is 9.59 Å². The van der Waals surface area contributed by atoms with Crippen LogP contribution in [0.15, 0.2) is 0 Å². The summed E-state index contributed by atoms with van der Waals surface area (Å²) < 4.78 is 5.70. The fraction of sp³-hybridized carbons (Fsp3) is 0.875. The van der Waals surface area contributed by atoms with Crippen LogP contribution in [-0.2, 0) is 14.3 Å². The Morgan fingerprint density at radius 3 is 2.48 bits per heavy atom. The molecule has 1 saturated heterocycles. The van der Waals surface area contributed by atoms with Crippen molar-refractivity contribution in [2.24, 2.45) is 0 Å². The van der Waals surface area contributed by atoms with Gasteiger partial charge in [-0.3, -0.25) is 19.4 Å². The van der Waals surface area contributed by atoms with Crippen molar-refractivity contribution < 1.29 is 19.4 Å². The quantitative estimate of drug-likeness (QED) is 0.658. The van der Waals surface area contributed by atoms with Gasteiger partial charge in [-0.05, 0) is 26.6 Å². The van der Waals surface area contributed by atoms with Crippen molar-refractivity contribution in [3.63, 3.8) is 0 Å². The summed E-state index contributed by atoms with van der Waals surface area (Å²) in [4.78, 5) is 29.3. The van der Waals surface area contributed by atoms with E-state index in [-0.39, 0.29) is 24.6 Å². The molecule has 0 spiro atoms. The molecule has 7 nitrogen and oxygen atoms in total. The van der Waals surface area contributed by atoms with Crippen molar-refractivity contribution in [1.82, 2.24) is 14.7 Å². The maximum Gasteiger partial charge on any atom is 0.317 e. The van der Waals surface area contributed by atoms with Crippen molar-refractivity contribution >= 4 is 11.9 Å². The molecule has 2 unspecified atom stereocenters. The Balaban J connectivity index is 2.62. The molecule has 0 bridgehead atoms. The predicted octanol–water partition coefficient (Wildman–Crippen LogP) is 0.351. The van der Waals surface area contributed by atoms with Crippen LogP contribution in [-0.4, -0.2) is 96.8 Å². The molecule has 134 valence electrons. The molecule has 1 heterocycles. The smallest absolute Gasteiger partial charge is 0.317 e. The Morgan fingerprint density at radius 1 is 1.30 bits per heavy atom. The molecule has 1 amide bonds. The van der Waals surface area contributed by atoms with Gasteiger partial charge in [0, 0.05) is 19.6 Å². The zero-order valence-electron chi connectivity index (χ0n) is 14.8. The van der Waals surface area contributed by atoms with E-state index in [1.807, 2.05) is 11.8 Å². The molecule has 0 radical (unpaired) electrons. The molecule has 1 aliphatic heterocycles. The summed E-state index contributed by atoms with van der Waals surface area (Å²) in [6, 6.07) is -0.0829. The largest absolute Gasteiger partial charge is 0.480 e. The van der Waals surface area contributed by atoms with E-state index < -0.39 is 5.97 Å². The average molecular weight is 329 g/mol. The Bertz CT molecular complexity index is 388. The van der Waals surface area contributed by atoms with Crippen LogP contribution in [0, 0.1) is 0 Å². The van der Waals surface area contributed by atoms with Crippen LogP contribution < -0.4 is 0 Å². The Hall–Kier alpha value is -1.18. The fourth-order valence-corrected chi connectivity index (χ4v) is 3.14. The average Bonchev–Trinajstić information content (AvgIpc) is 2.51. The lowest BCUT2D eigenvalue weighted by molar-refractivity contribution is -0.146. The number of aliphatic carboxylic acids is 1. The van der Waals surface area contributed by atoms with Crippen LogP contribution in [0.5, 0.6) is 0 Å². The highest BCUT2D eigenvalue weighted by Crippen LogP contribution is 2.13. The summed E-state index contributed by atoms with van der Waals surface area (Å²) in [5, 5.41) is 8.82. The van der Waals surface area contributed by atoms with Gasteiger partial charge in [0.05, 0.1) is 25.3 Å². The first-order valence-electron chi connectivity index (χ1n) is 8.47. The van der Waals surface area contributed by atoms with Gasteiger partial charge in [-0.25, -0.2) is 0 Å². The van der Waals surface area contributed by atoms with Gasteiger partial charge in [-0.2, -0.15) is 0 Å². The van der Waals surface area contributed by atoms with E-state index in [4.69, 9.17) is 9.84 Å². The first-order chi connectivity index (χ1) is 10.9. The van der Waals surface area contributed by atoms with Gasteiger partial charge in [0.1, 0.15) is 0 Å². The molecule has 1 fully saturated rings. The summed E-state index contributed by atoms with van der Waals surface area (Å²) in [7, 11) is 1.75. The highest BCUT2D eigenvalue weighted by atomic mass is 16.5. The maximum absolute atomic E-state index is 12.8. The van der Waals surface area contributed by atoms with Gasteiger partial charge in [0.2, 0.25) is 5.91 Å². The number of hydrogen-bond acceptors (Lipinski definition) is 5. The Kier molecular flexibility index (Phi) is 8.51. The van der Waals surface area contributed by atoms with Crippen LogP contribution in [0.4, 0.5) is 0 Å². The third-order valence-corrected chi connectivity index (χ3v) is 4.30. The number of hydrogen-bond donors (Lipinski definition) is 1. The van der Waals surface area contributed by atoms with Gasteiger partial charge in [0.25, 0.3) is 0 Å². The van der Waals surface area contributed by atoms with Crippen LogP contribution in [0.25, 0.3) is 0 Å². The molecule has 0 aromatic heterocycles. The standard InChI is InChI=1S/C16H31N3O4/c1-5-14(18(6-2)7-3)16(22)19-8-9-23-13(11-19)10-17(4)12-15(20)21/h13-14H,5-12H2,1-4H3,(H,20,21). The third-order valence-electron chi connectivity index (χ3n) is 4.30. The molecular formula is C16H31N3O4. The van der Waals surface area contributed by atoms with Crippen molar-refractivity contribution in [1.29, 1.82) is 0 Å². The van der Waals surface area contributed by atoms with Gasteiger partial charge >= 0.3 is 5.97 Å². The first-order valence-corrected chi connectivity index (χ1v) is 8.47. The molecule has 1 N–H and O–H groups in total. The van der Waals surface area contributed by atoms with Crippen molar-refractivity contribution in [2.45, 2.75) is 39.3 Å². The van der Waals surface area contributed by atoms with Crippen LogP contribution in [0.3, 0.4) is 0 Å². The number of nitrogens with zero attached hydrogens (tertiary/aromatic N) is 3. The van der Waals surface area contributed by atoms with Crippen molar-refractivity contribution in [3.8, 4) is 0 Å². The SMILES string of the molecule is CCC(C(=O)N1CCOC(CN(C)CC(=O)O)C1)N(CC)CC. The number of carbonyl (C=O) groups is 2. The van der Waals surface area contributed by atoms with Gasteiger partial charge in [0.15, 0.2) is 0 Å². The van der Waals surface area contributed by atoms with Gasteiger partial charge < -0.3 is 14.7 Å². The van der Waals surface area contributed by atoms with Gasteiger partial charge in [-0.15, -0.1) is 0 Å². The van der Waals surface area contributed by atoms with Crippen LogP contribution >= 0.6 is 0 Å². The number of carboxylic acids is 1. The highest BCUT2D eigenvalue weighted by molar-refractivity contribution is 5.82. The van der Waals surface area contributed by atoms with Crippen molar-refractivity contribution in [3.05, 3.63) is 0 Å². The second-order valence-corrected chi connectivity index (χ2v) is 6.01. The Morgan fingerprint density at radius 2 is 1.96 bits per heavy atom. The normalized spacial score (nSPS) is 20.1. The van der Waals surface area contributed by atoms with E-state index >= 15 is 0 Å². The molecule has 0 aromatic carbocycles. The number of morpholine rings is 1. The molecule has 0 aromatic rings. The molecule has 0 saturated carbocycles. The van der Waals surface area contributed by atoms with Crippen LogP contribution in [0.1, 0.15) is 27.2 Å². The third kappa shape index (κ3) is 6.08. The number of ether oxygens (including phenoxy) is 1. The minimum Gasteiger partial charge on any atom is -0.480 e.